The van der Waals surface area contributed by atoms with Gasteiger partial charge in [0.2, 0.25) is 10.0 Å². The number of nitrogens with zero attached hydrogens (tertiary/aromatic N) is 2. The van der Waals surface area contributed by atoms with Crippen molar-refractivity contribution in [3.05, 3.63) is 29.8 Å². The summed E-state index contributed by atoms with van der Waals surface area (Å²) in [6.07, 6.45) is 2.36. The Morgan fingerprint density at radius 1 is 1.48 bits per heavy atom. The summed E-state index contributed by atoms with van der Waals surface area (Å²) < 4.78 is 25.9. The first-order chi connectivity index (χ1) is 10.4. The van der Waals surface area contributed by atoms with Crippen LogP contribution in [0.2, 0.25) is 0 Å². The Balaban J connectivity index is 0.00000264. The lowest BCUT2D eigenvalue weighted by Gasteiger charge is -2.31. The van der Waals surface area contributed by atoms with Crippen molar-refractivity contribution in [2.75, 3.05) is 20.1 Å². The van der Waals surface area contributed by atoms with E-state index in [9.17, 15) is 8.42 Å². The van der Waals surface area contributed by atoms with E-state index in [1.54, 1.807) is 18.2 Å². The molecule has 1 aliphatic heterocycles. The second-order valence-electron chi connectivity index (χ2n) is 5.72. The van der Waals surface area contributed by atoms with Gasteiger partial charge in [-0.2, -0.15) is 0 Å². The van der Waals surface area contributed by atoms with Crippen molar-refractivity contribution < 1.29 is 8.42 Å². The highest BCUT2D eigenvalue weighted by atomic mass is 127. The lowest BCUT2D eigenvalue weighted by Crippen LogP contribution is -2.43. The van der Waals surface area contributed by atoms with Crippen LogP contribution < -0.4 is 10.5 Å². The number of hydrogen-bond acceptors (Lipinski definition) is 3. The number of rotatable bonds is 4. The second kappa shape index (κ2) is 8.84. The third-order valence-electron chi connectivity index (χ3n) is 3.88. The van der Waals surface area contributed by atoms with Gasteiger partial charge in [0.25, 0.3) is 0 Å². The number of guanidine groups is 1. The fourth-order valence-electron chi connectivity index (χ4n) is 2.60. The standard InChI is InChI=1S/C15H24N4O2S.HI/c1-12-5-4-8-19(11-12)15(16)18-10-13-6-3-7-14(9-13)22(20,21)17-2;/h3,6-7,9,12,17H,4-5,8,10-11H2,1-2H3,(H2,16,18);1H. The minimum absolute atomic E-state index is 0. The quantitative estimate of drug-likeness (QED) is 0.414. The number of piperidine rings is 1. The van der Waals surface area contributed by atoms with Gasteiger partial charge in [0.15, 0.2) is 5.96 Å². The molecule has 23 heavy (non-hydrogen) atoms. The molecule has 2 rings (SSSR count). The summed E-state index contributed by atoms with van der Waals surface area (Å²) in [5.41, 5.74) is 6.88. The summed E-state index contributed by atoms with van der Waals surface area (Å²) in [5.74, 6) is 1.17. The molecule has 1 heterocycles. The Kier molecular flexibility index (Phi) is 7.75. The number of benzene rings is 1. The Labute approximate surface area is 155 Å². The minimum Gasteiger partial charge on any atom is -0.370 e. The van der Waals surface area contributed by atoms with Crippen LogP contribution in [-0.2, 0) is 16.6 Å². The highest BCUT2D eigenvalue weighted by Crippen LogP contribution is 2.16. The highest BCUT2D eigenvalue weighted by Gasteiger charge is 2.17. The number of sulfonamides is 1. The van der Waals surface area contributed by atoms with Crippen LogP contribution in [0.5, 0.6) is 0 Å². The van der Waals surface area contributed by atoms with Gasteiger partial charge >= 0.3 is 0 Å². The summed E-state index contributed by atoms with van der Waals surface area (Å²) in [6, 6.07) is 6.76. The molecule has 1 aliphatic rings. The molecule has 0 aliphatic carbocycles. The van der Waals surface area contributed by atoms with Gasteiger partial charge in [-0.1, -0.05) is 19.1 Å². The van der Waals surface area contributed by atoms with E-state index >= 15 is 0 Å². The highest BCUT2D eigenvalue weighted by molar-refractivity contribution is 14.0. The first-order valence-corrected chi connectivity index (χ1v) is 8.98. The second-order valence-corrected chi connectivity index (χ2v) is 7.61. The molecule has 130 valence electrons. The molecule has 0 bridgehead atoms. The Morgan fingerprint density at radius 3 is 2.87 bits per heavy atom. The van der Waals surface area contributed by atoms with E-state index < -0.39 is 10.0 Å². The van der Waals surface area contributed by atoms with E-state index in [0.717, 1.165) is 25.1 Å². The van der Waals surface area contributed by atoms with Crippen molar-refractivity contribution in [3.8, 4) is 0 Å². The van der Waals surface area contributed by atoms with Gasteiger partial charge in [-0.15, -0.1) is 24.0 Å². The average Bonchev–Trinajstić information content (AvgIpc) is 2.53. The van der Waals surface area contributed by atoms with Crippen molar-refractivity contribution >= 4 is 40.0 Å². The normalized spacial score (nSPS) is 19.3. The molecule has 0 amide bonds. The van der Waals surface area contributed by atoms with Crippen LogP contribution in [-0.4, -0.2) is 39.4 Å². The molecule has 1 aromatic rings. The van der Waals surface area contributed by atoms with Crippen LogP contribution in [0.25, 0.3) is 0 Å². The van der Waals surface area contributed by atoms with Crippen LogP contribution >= 0.6 is 24.0 Å². The van der Waals surface area contributed by atoms with E-state index in [4.69, 9.17) is 5.73 Å². The van der Waals surface area contributed by atoms with Crippen molar-refractivity contribution in [2.24, 2.45) is 16.6 Å². The van der Waals surface area contributed by atoms with Crippen molar-refractivity contribution in [2.45, 2.75) is 31.2 Å². The fourth-order valence-corrected chi connectivity index (χ4v) is 3.40. The van der Waals surface area contributed by atoms with Gasteiger partial charge in [-0.25, -0.2) is 18.1 Å². The largest absolute Gasteiger partial charge is 0.370 e. The third kappa shape index (κ3) is 5.61. The number of nitrogens with one attached hydrogen (secondary N) is 1. The maximum absolute atomic E-state index is 11.8. The van der Waals surface area contributed by atoms with Crippen molar-refractivity contribution in [3.63, 3.8) is 0 Å². The zero-order valence-corrected chi connectivity index (χ0v) is 16.7. The van der Waals surface area contributed by atoms with Crippen LogP contribution in [0.4, 0.5) is 0 Å². The monoisotopic (exact) mass is 452 g/mol. The van der Waals surface area contributed by atoms with Crippen LogP contribution in [0.1, 0.15) is 25.3 Å². The molecule has 0 spiro atoms. The van der Waals surface area contributed by atoms with Crippen molar-refractivity contribution in [1.29, 1.82) is 0 Å². The number of likely N-dealkylation sites (tertiary alicyclic amines) is 1. The molecular formula is C15H25IN4O2S. The third-order valence-corrected chi connectivity index (χ3v) is 5.29. The zero-order valence-electron chi connectivity index (χ0n) is 13.5. The minimum atomic E-state index is -3.43. The van der Waals surface area contributed by atoms with E-state index in [-0.39, 0.29) is 28.9 Å². The molecule has 0 saturated carbocycles. The molecule has 1 fully saturated rings. The average molecular weight is 452 g/mol. The molecule has 1 saturated heterocycles. The summed E-state index contributed by atoms with van der Waals surface area (Å²) in [7, 11) is -2.03. The molecule has 3 N–H and O–H groups in total. The molecular weight excluding hydrogens is 427 g/mol. The van der Waals surface area contributed by atoms with Gasteiger partial charge in [0.05, 0.1) is 11.4 Å². The first-order valence-electron chi connectivity index (χ1n) is 7.49. The number of halogens is 1. The Bertz CT molecular complexity index is 649. The predicted molar refractivity (Wildman–Crippen MR) is 103 cm³/mol. The molecule has 8 heteroatoms. The number of aliphatic imine (C=N–C) groups is 1. The summed E-state index contributed by atoms with van der Waals surface area (Å²) in [4.78, 5) is 6.75. The maximum Gasteiger partial charge on any atom is 0.240 e. The summed E-state index contributed by atoms with van der Waals surface area (Å²) in [5, 5.41) is 0. The summed E-state index contributed by atoms with van der Waals surface area (Å²) in [6.45, 7) is 4.46. The molecule has 6 nitrogen and oxygen atoms in total. The van der Waals surface area contributed by atoms with E-state index in [1.807, 2.05) is 6.07 Å². The van der Waals surface area contributed by atoms with Gasteiger partial charge in [0.1, 0.15) is 0 Å². The van der Waals surface area contributed by atoms with E-state index in [2.05, 4.69) is 21.5 Å². The maximum atomic E-state index is 11.8. The van der Waals surface area contributed by atoms with Gasteiger partial charge in [0, 0.05) is 13.1 Å². The Hall–Kier alpha value is -0.870. The lowest BCUT2D eigenvalue weighted by atomic mass is 10.0. The topological polar surface area (TPSA) is 87.8 Å². The van der Waals surface area contributed by atoms with Crippen molar-refractivity contribution in [1.82, 2.24) is 9.62 Å². The number of hydrogen-bond donors (Lipinski definition) is 2. The zero-order chi connectivity index (χ0) is 16.2. The lowest BCUT2D eigenvalue weighted by molar-refractivity contribution is 0.270. The Morgan fingerprint density at radius 2 is 2.22 bits per heavy atom. The van der Waals surface area contributed by atoms with Gasteiger partial charge in [-0.05, 0) is 43.5 Å². The smallest absolute Gasteiger partial charge is 0.240 e. The van der Waals surface area contributed by atoms with Crippen LogP contribution in [0, 0.1) is 5.92 Å². The molecule has 1 aromatic carbocycles. The fraction of sp³-hybridized carbons (Fsp3) is 0.533. The molecule has 1 unspecified atom stereocenters. The molecule has 0 aromatic heterocycles. The number of nitrogens with two attached hydrogens (primary N) is 1. The van der Waals surface area contributed by atoms with Crippen LogP contribution in [0.15, 0.2) is 34.2 Å². The van der Waals surface area contributed by atoms with E-state index in [0.29, 0.717) is 18.4 Å². The van der Waals surface area contributed by atoms with E-state index in [1.165, 1.54) is 13.5 Å². The summed E-state index contributed by atoms with van der Waals surface area (Å²) >= 11 is 0. The predicted octanol–water partition coefficient (Wildman–Crippen LogP) is 1.76. The van der Waals surface area contributed by atoms with Crippen LogP contribution in [0.3, 0.4) is 0 Å². The van der Waals surface area contributed by atoms with Gasteiger partial charge in [-0.3, -0.25) is 0 Å². The van der Waals surface area contributed by atoms with Gasteiger partial charge < -0.3 is 10.6 Å². The molecule has 1 atom stereocenters. The first kappa shape index (κ1) is 20.2. The molecule has 0 radical (unpaired) electrons. The SMILES string of the molecule is CNS(=O)(=O)c1cccc(CN=C(N)N2CCCC(C)C2)c1.I.